The largest absolute Gasteiger partial charge is 0.416 e. The van der Waals surface area contributed by atoms with Crippen molar-refractivity contribution in [3.05, 3.63) is 28.2 Å². The first kappa shape index (κ1) is 15.8. The van der Waals surface area contributed by atoms with Crippen molar-refractivity contribution in [1.29, 1.82) is 0 Å². The molecule has 4 nitrogen and oxygen atoms in total. The van der Waals surface area contributed by atoms with Gasteiger partial charge < -0.3 is 5.32 Å². The summed E-state index contributed by atoms with van der Waals surface area (Å²) in [5, 5.41) is 2.50. The number of alkyl halides is 3. The summed E-state index contributed by atoms with van der Waals surface area (Å²) in [6.07, 6.45) is -4.52. The SMILES string of the molecule is CC1(C)NC(=O)CN(c2cc(C(F)(F)F)ccc2Br)C1=O. The predicted octanol–water partition coefficient (Wildman–Crippen LogP) is 2.71. The molecule has 0 aromatic heterocycles. The van der Waals surface area contributed by atoms with Crippen molar-refractivity contribution in [3.63, 3.8) is 0 Å². The maximum Gasteiger partial charge on any atom is 0.416 e. The highest BCUT2D eigenvalue weighted by Crippen LogP contribution is 2.36. The van der Waals surface area contributed by atoms with Crippen LogP contribution in [-0.2, 0) is 15.8 Å². The molecule has 0 atom stereocenters. The smallest absolute Gasteiger partial charge is 0.341 e. The molecule has 1 aromatic rings. The number of piperazine rings is 1. The first-order chi connectivity index (χ1) is 9.52. The molecule has 1 aromatic carbocycles. The molecule has 1 saturated heterocycles. The molecule has 0 unspecified atom stereocenters. The predicted molar refractivity (Wildman–Crippen MR) is 73.7 cm³/mol. The van der Waals surface area contributed by atoms with E-state index in [0.29, 0.717) is 4.47 Å². The van der Waals surface area contributed by atoms with E-state index in [1.807, 2.05) is 0 Å². The van der Waals surface area contributed by atoms with Gasteiger partial charge in [-0.05, 0) is 48.0 Å². The number of anilines is 1. The highest BCUT2D eigenvalue weighted by atomic mass is 79.9. The second-order valence-corrected chi connectivity index (χ2v) is 6.08. The molecule has 1 N–H and O–H groups in total. The zero-order chi connectivity index (χ0) is 16.0. The highest BCUT2D eigenvalue weighted by Gasteiger charge is 2.41. The lowest BCUT2D eigenvalue weighted by atomic mass is 9.99. The Hall–Kier alpha value is -1.57. The second-order valence-electron chi connectivity index (χ2n) is 5.23. The fourth-order valence-corrected chi connectivity index (χ4v) is 2.55. The molecule has 0 spiro atoms. The van der Waals surface area contributed by atoms with Crippen LogP contribution in [0.3, 0.4) is 0 Å². The molecule has 114 valence electrons. The van der Waals surface area contributed by atoms with Crippen LogP contribution in [0.4, 0.5) is 18.9 Å². The number of nitrogens with one attached hydrogen (secondary N) is 1. The lowest BCUT2D eigenvalue weighted by molar-refractivity contribution is -0.137. The Morgan fingerprint density at radius 2 is 1.90 bits per heavy atom. The summed E-state index contributed by atoms with van der Waals surface area (Å²) in [4.78, 5) is 25.0. The number of benzene rings is 1. The summed E-state index contributed by atoms with van der Waals surface area (Å²) in [7, 11) is 0. The number of rotatable bonds is 1. The van der Waals surface area contributed by atoms with E-state index >= 15 is 0 Å². The number of amides is 2. The maximum absolute atomic E-state index is 12.8. The lowest BCUT2D eigenvalue weighted by Gasteiger charge is -2.37. The van der Waals surface area contributed by atoms with Gasteiger partial charge in [0.15, 0.2) is 0 Å². The van der Waals surface area contributed by atoms with Crippen molar-refractivity contribution in [2.45, 2.75) is 25.6 Å². The minimum absolute atomic E-state index is 0.0257. The third-order valence-electron chi connectivity index (χ3n) is 3.10. The van der Waals surface area contributed by atoms with E-state index in [9.17, 15) is 22.8 Å². The molecule has 0 radical (unpaired) electrons. The summed E-state index contributed by atoms with van der Waals surface area (Å²) in [5.41, 5.74) is -2.02. The first-order valence-corrected chi connectivity index (χ1v) is 6.81. The highest BCUT2D eigenvalue weighted by molar-refractivity contribution is 9.10. The molecule has 2 amide bonds. The van der Waals surface area contributed by atoms with E-state index in [1.165, 1.54) is 19.9 Å². The normalized spacial score (nSPS) is 18.7. The van der Waals surface area contributed by atoms with Crippen molar-refractivity contribution < 1.29 is 22.8 Å². The van der Waals surface area contributed by atoms with Crippen LogP contribution < -0.4 is 10.2 Å². The fraction of sp³-hybridized carbons (Fsp3) is 0.385. The van der Waals surface area contributed by atoms with Crippen LogP contribution in [0.15, 0.2) is 22.7 Å². The van der Waals surface area contributed by atoms with Gasteiger partial charge in [-0.15, -0.1) is 0 Å². The number of carbonyl (C=O) groups is 2. The van der Waals surface area contributed by atoms with Crippen molar-refractivity contribution in [1.82, 2.24) is 5.32 Å². The Morgan fingerprint density at radius 3 is 2.48 bits per heavy atom. The fourth-order valence-electron chi connectivity index (χ4n) is 2.08. The van der Waals surface area contributed by atoms with Gasteiger partial charge in [-0.2, -0.15) is 13.2 Å². The van der Waals surface area contributed by atoms with Crippen LogP contribution in [0, 0.1) is 0 Å². The van der Waals surface area contributed by atoms with Crippen LogP contribution in [0.5, 0.6) is 0 Å². The number of nitrogens with zero attached hydrogens (tertiary/aromatic N) is 1. The Kier molecular flexibility index (Phi) is 3.77. The Bertz CT molecular complexity index is 614. The van der Waals surface area contributed by atoms with Crippen molar-refractivity contribution >= 4 is 33.4 Å². The molecule has 1 fully saturated rings. The van der Waals surface area contributed by atoms with Gasteiger partial charge in [-0.25, -0.2) is 0 Å². The average molecular weight is 365 g/mol. The average Bonchev–Trinajstić information content (AvgIpc) is 2.32. The van der Waals surface area contributed by atoms with Gasteiger partial charge in [0.2, 0.25) is 5.91 Å². The van der Waals surface area contributed by atoms with E-state index in [2.05, 4.69) is 21.2 Å². The van der Waals surface area contributed by atoms with Crippen LogP contribution >= 0.6 is 15.9 Å². The van der Waals surface area contributed by atoms with Crippen LogP contribution in [-0.4, -0.2) is 23.9 Å². The molecule has 1 aliphatic rings. The summed E-state index contributed by atoms with van der Waals surface area (Å²) in [6.45, 7) is 2.68. The van der Waals surface area contributed by atoms with Crippen LogP contribution in [0.1, 0.15) is 19.4 Å². The van der Waals surface area contributed by atoms with Crippen molar-refractivity contribution in [2.75, 3.05) is 11.4 Å². The number of hydrogen-bond acceptors (Lipinski definition) is 2. The van der Waals surface area contributed by atoms with Crippen molar-refractivity contribution in [2.24, 2.45) is 0 Å². The quantitative estimate of drug-likeness (QED) is 0.832. The topological polar surface area (TPSA) is 49.4 Å². The molecule has 1 aliphatic heterocycles. The molecular formula is C13H12BrF3N2O2. The van der Waals surface area contributed by atoms with Gasteiger partial charge in [0, 0.05) is 4.47 Å². The minimum atomic E-state index is -4.52. The molecule has 21 heavy (non-hydrogen) atoms. The van der Waals surface area contributed by atoms with Gasteiger partial charge >= 0.3 is 6.18 Å². The molecule has 2 rings (SSSR count). The molecule has 0 aliphatic carbocycles. The molecule has 0 bridgehead atoms. The summed E-state index contributed by atoms with van der Waals surface area (Å²) in [5.74, 6) is -0.897. The maximum atomic E-state index is 12.8. The first-order valence-electron chi connectivity index (χ1n) is 6.02. The van der Waals surface area contributed by atoms with Gasteiger partial charge in [-0.1, -0.05) is 0 Å². The van der Waals surface area contributed by atoms with Gasteiger partial charge in [0.1, 0.15) is 12.1 Å². The zero-order valence-corrected chi connectivity index (χ0v) is 12.8. The summed E-state index contributed by atoms with van der Waals surface area (Å²) in [6, 6.07) is 2.98. The third-order valence-corrected chi connectivity index (χ3v) is 3.77. The van der Waals surface area contributed by atoms with E-state index in [1.54, 1.807) is 0 Å². The summed E-state index contributed by atoms with van der Waals surface area (Å²) >= 11 is 3.12. The minimum Gasteiger partial charge on any atom is -0.341 e. The number of hydrogen-bond donors (Lipinski definition) is 1. The van der Waals surface area contributed by atoms with E-state index in [-0.39, 0.29) is 12.2 Å². The Morgan fingerprint density at radius 1 is 1.29 bits per heavy atom. The molecular weight excluding hydrogens is 353 g/mol. The molecule has 0 saturated carbocycles. The molecule has 8 heteroatoms. The monoisotopic (exact) mass is 364 g/mol. The Balaban J connectivity index is 2.50. The van der Waals surface area contributed by atoms with Crippen LogP contribution in [0.2, 0.25) is 0 Å². The zero-order valence-electron chi connectivity index (χ0n) is 11.2. The summed E-state index contributed by atoms with van der Waals surface area (Å²) < 4.78 is 38.7. The van der Waals surface area contributed by atoms with Gasteiger partial charge in [-0.3, -0.25) is 14.5 Å². The van der Waals surface area contributed by atoms with E-state index in [4.69, 9.17) is 0 Å². The van der Waals surface area contributed by atoms with Crippen LogP contribution in [0.25, 0.3) is 0 Å². The third kappa shape index (κ3) is 3.04. The standard InChI is InChI=1S/C13H12BrF3N2O2/c1-12(2)11(21)19(6-10(20)18-12)9-5-7(13(15,16)17)3-4-8(9)14/h3-5H,6H2,1-2H3,(H,18,20). The van der Waals surface area contributed by atoms with Gasteiger partial charge in [0.25, 0.3) is 5.91 Å². The number of halogens is 4. The molecule has 1 heterocycles. The Labute approximate surface area is 127 Å². The van der Waals surface area contributed by atoms with E-state index < -0.39 is 29.1 Å². The van der Waals surface area contributed by atoms with Crippen molar-refractivity contribution in [3.8, 4) is 0 Å². The second kappa shape index (κ2) is 5.01. The van der Waals surface area contributed by atoms with E-state index in [0.717, 1.165) is 17.0 Å². The number of carbonyl (C=O) groups excluding carboxylic acids is 2. The lowest BCUT2D eigenvalue weighted by Crippen LogP contribution is -2.64. The van der Waals surface area contributed by atoms with Gasteiger partial charge in [0.05, 0.1) is 11.3 Å².